The van der Waals surface area contributed by atoms with E-state index in [0.29, 0.717) is 9.90 Å². The minimum absolute atomic E-state index is 0.0523. The van der Waals surface area contributed by atoms with Gasteiger partial charge in [0.25, 0.3) is 0 Å². The van der Waals surface area contributed by atoms with Crippen LogP contribution >= 0.6 is 22.9 Å². The molecule has 0 unspecified atom stereocenters. The van der Waals surface area contributed by atoms with Crippen molar-refractivity contribution < 1.29 is 4.79 Å². The monoisotopic (exact) mass is 290 g/mol. The second-order valence-electron chi connectivity index (χ2n) is 5.08. The van der Waals surface area contributed by atoms with Crippen molar-refractivity contribution >= 4 is 28.7 Å². The maximum Gasteiger partial charge on any atom is 0.204 e. The van der Waals surface area contributed by atoms with Crippen molar-refractivity contribution in [1.82, 2.24) is 0 Å². The first kappa shape index (κ1) is 12.9. The molecule has 3 heteroatoms. The van der Waals surface area contributed by atoms with E-state index in [4.69, 9.17) is 11.6 Å². The molecule has 0 bridgehead atoms. The number of fused-ring (bicyclic) bond motifs is 1. The molecule has 0 radical (unpaired) electrons. The smallest absolute Gasteiger partial charge is 0.204 e. The lowest BCUT2D eigenvalue weighted by molar-refractivity contribution is 0.104. The van der Waals surface area contributed by atoms with Crippen molar-refractivity contribution in [2.45, 2.75) is 32.6 Å². The Morgan fingerprint density at radius 1 is 1.21 bits per heavy atom. The van der Waals surface area contributed by atoms with E-state index in [1.807, 2.05) is 18.4 Å². The zero-order valence-corrected chi connectivity index (χ0v) is 12.4. The fourth-order valence-electron chi connectivity index (χ4n) is 2.59. The summed E-state index contributed by atoms with van der Waals surface area (Å²) in [6, 6.07) is 6.11. The van der Waals surface area contributed by atoms with Gasteiger partial charge in [-0.25, -0.2) is 0 Å². The Labute approximate surface area is 122 Å². The second kappa shape index (κ2) is 5.10. The first-order valence-corrected chi connectivity index (χ1v) is 7.82. The molecule has 0 N–H and O–H groups in total. The highest BCUT2D eigenvalue weighted by Gasteiger charge is 2.18. The third-order valence-electron chi connectivity index (χ3n) is 3.72. The van der Waals surface area contributed by atoms with Gasteiger partial charge in [0.2, 0.25) is 5.78 Å². The van der Waals surface area contributed by atoms with E-state index in [1.54, 1.807) is 0 Å². The number of ketones is 1. The molecule has 1 aliphatic rings. The molecule has 1 aliphatic carbocycles. The van der Waals surface area contributed by atoms with Crippen LogP contribution in [0.1, 0.15) is 44.8 Å². The van der Waals surface area contributed by atoms with E-state index in [0.717, 1.165) is 24.0 Å². The topological polar surface area (TPSA) is 17.1 Å². The van der Waals surface area contributed by atoms with Gasteiger partial charge in [0.15, 0.2) is 0 Å². The van der Waals surface area contributed by atoms with Crippen molar-refractivity contribution in [2.75, 3.05) is 0 Å². The minimum atomic E-state index is 0.0523. The fourth-order valence-corrected chi connectivity index (χ4v) is 3.83. The van der Waals surface area contributed by atoms with E-state index >= 15 is 0 Å². The average molecular weight is 291 g/mol. The summed E-state index contributed by atoms with van der Waals surface area (Å²) < 4.78 is 0. The van der Waals surface area contributed by atoms with Gasteiger partial charge in [-0.3, -0.25) is 4.79 Å². The van der Waals surface area contributed by atoms with Gasteiger partial charge in [-0.2, -0.15) is 0 Å². The first-order chi connectivity index (χ1) is 9.16. The largest absolute Gasteiger partial charge is 0.288 e. The second-order valence-corrected chi connectivity index (χ2v) is 6.34. The van der Waals surface area contributed by atoms with E-state index < -0.39 is 0 Å². The van der Waals surface area contributed by atoms with Crippen molar-refractivity contribution in [2.24, 2.45) is 0 Å². The first-order valence-electron chi connectivity index (χ1n) is 6.57. The molecule has 1 heterocycles. The SMILES string of the molecule is Cc1csc(C(=O)c2ccc3c(c2)CCCC3)c1Cl. The highest BCUT2D eigenvalue weighted by atomic mass is 35.5. The molecule has 0 aliphatic heterocycles. The summed E-state index contributed by atoms with van der Waals surface area (Å²) in [5.74, 6) is 0.0523. The fraction of sp³-hybridized carbons (Fsp3) is 0.312. The number of benzene rings is 1. The summed E-state index contributed by atoms with van der Waals surface area (Å²) in [6.07, 6.45) is 4.72. The van der Waals surface area contributed by atoms with E-state index in [-0.39, 0.29) is 5.78 Å². The third-order valence-corrected chi connectivity index (χ3v) is 5.41. The molecule has 0 atom stereocenters. The van der Waals surface area contributed by atoms with Crippen LogP contribution in [0.15, 0.2) is 23.6 Å². The average Bonchev–Trinajstić information content (AvgIpc) is 2.78. The van der Waals surface area contributed by atoms with Gasteiger partial charge in [0.1, 0.15) is 0 Å². The van der Waals surface area contributed by atoms with Crippen LogP contribution in [0.3, 0.4) is 0 Å². The normalized spacial score (nSPS) is 14.2. The zero-order chi connectivity index (χ0) is 13.4. The van der Waals surface area contributed by atoms with Gasteiger partial charge in [-0.1, -0.05) is 23.7 Å². The van der Waals surface area contributed by atoms with Crippen molar-refractivity contribution in [1.29, 1.82) is 0 Å². The van der Waals surface area contributed by atoms with Gasteiger partial charge in [0, 0.05) is 5.56 Å². The molecule has 19 heavy (non-hydrogen) atoms. The molecule has 0 saturated heterocycles. The Hall–Kier alpha value is -1.12. The third kappa shape index (κ3) is 2.35. The summed E-state index contributed by atoms with van der Waals surface area (Å²) in [5, 5.41) is 2.54. The number of hydrogen-bond donors (Lipinski definition) is 0. The van der Waals surface area contributed by atoms with Crippen LogP contribution in [-0.4, -0.2) is 5.78 Å². The van der Waals surface area contributed by atoms with Crippen molar-refractivity contribution in [3.05, 3.63) is 55.7 Å². The molecule has 2 aromatic rings. The van der Waals surface area contributed by atoms with E-state index in [1.165, 1.54) is 35.3 Å². The molecule has 1 aromatic carbocycles. The van der Waals surface area contributed by atoms with Gasteiger partial charge < -0.3 is 0 Å². The molecule has 0 fully saturated rings. The van der Waals surface area contributed by atoms with Crippen LogP contribution in [-0.2, 0) is 12.8 Å². The number of rotatable bonds is 2. The van der Waals surface area contributed by atoms with E-state index in [9.17, 15) is 4.79 Å². The standard InChI is InChI=1S/C16H15ClOS/c1-10-9-19-16(14(10)17)15(18)13-7-6-11-4-2-3-5-12(11)8-13/h6-9H,2-5H2,1H3. The summed E-state index contributed by atoms with van der Waals surface area (Å²) in [7, 11) is 0. The highest BCUT2D eigenvalue weighted by Crippen LogP contribution is 2.30. The molecular formula is C16H15ClOS. The maximum atomic E-state index is 12.5. The Morgan fingerprint density at radius 2 is 1.95 bits per heavy atom. The van der Waals surface area contributed by atoms with Crippen LogP contribution < -0.4 is 0 Å². The number of thiophene rings is 1. The van der Waals surface area contributed by atoms with Gasteiger partial charge in [-0.15, -0.1) is 11.3 Å². The molecule has 0 amide bonds. The van der Waals surface area contributed by atoms with E-state index in [2.05, 4.69) is 12.1 Å². The van der Waals surface area contributed by atoms with Gasteiger partial charge >= 0.3 is 0 Å². The summed E-state index contributed by atoms with van der Waals surface area (Å²) >= 11 is 7.62. The quantitative estimate of drug-likeness (QED) is 0.725. The highest BCUT2D eigenvalue weighted by molar-refractivity contribution is 7.13. The maximum absolute atomic E-state index is 12.5. The lowest BCUT2D eigenvalue weighted by atomic mass is 9.89. The minimum Gasteiger partial charge on any atom is -0.288 e. The number of carbonyl (C=O) groups excluding carboxylic acids is 1. The number of halogens is 1. The van der Waals surface area contributed by atoms with Crippen LogP contribution in [0.25, 0.3) is 0 Å². The predicted octanol–water partition coefficient (Wildman–Crippen LogP) is 4.82. The Morgan fingerprint density at radius 3 is 2.63 bits per heavy atom. The molecule has 0 spiro atoms. The molecule has 98 valence electrons. The molecular weight excluding hydrogens is 276 g/mol. The summed E-state index contributed by atoms with van der Waals surface area (Å²) in [4.78, 5) is 13.2. The number of aryl methyl sites for hydroxylation is 3. The van der Waals surface area contributed by atoms with Gasteiger partial charge in [-0.05, 0) is 60.7 Å². The van der Waals surface area contributed by atoms with Crippen molar-refractivity contribution in [3.8, 4) is 0 Å². The molecule has 0 saturated carbocycles. The molecule has 3 rings (SSSR count). The molecule has 1 nitrogen and oxygen atoms in total. The lowest BCUT2D eigenvalue weighted by Gasteiger charge is -2.16. The van der Waals surface area contributed by atoms with Crippen LogP contribution in [0.2, 0.25) is 5.02 Å². The van der Waals surface area contributed by atoms with Gasteiger partial charge in [0.05, 0.1) is 9.90 Å². The van der Waals surface area contributed by atoms with Crippen LogP contribution in [0.4, 0.5) is 0 Å². The van der Waals surface area contributed by atoms with Crippen molar-refractivity contribution in [3.63, 3.8) is 0 Å². The van der Waals surface area contributed by atoms with Crippen LogP contribution in [0, 0.1) is 6.92 Å². The number of hydrogen-bond acceptors (Lipinski definition) is 2. The van der Waals surface area contributed by atoms with Crippen LogP contribution in [0.5, 0.6) is 0 Å². The predicted molar refractivity (Wildman–Crippen MR) is 80.6 cm³/mol. The Balaban J connectivity index is 1.98. The zero-order valence-electron chi connectivity index (χ0n) is 10.8. The number of carbonyl (C=O) groups is 1. The Bertz CT molecular complexity index is 642. The summed E-state index contributed by atoms with van der Waals surface area (Å²) in [6.45, 7) is 1.93. The molecule has 1 aromatic heterocycles. The lowest BCUT2D eigenvalue weighted by Crippen LogP contribution is -2.06. The Kier molecular flexibility index (Phi) is 3.46. The summed E-state index contributed by atoms with van der Waals surface area (Å²) in [5.41, 5.74) is 4.48.